The number of aromatic nitrogens is 1. The van der Waals surface area contributed by atoms with E-state index in [0.717, 1.165) is 49.9 Å². The van der Waals surface area contributed by atoms with Gasteiger partial charge in [-0.2, -0.15) is 0 Å². The lowest BCUT2D eigenvalue weighted by Gasteiger charge is -2.32. The highest BCUT2D eigenvalue weighted by molar-refractivity contribution is 5.33. The van der Waals surface area contributed by atoms with Crippen LogP contribution in [0, 0.1) is 11.8 Å². The molecule has 0 amide bonds. The van der Waals surface area contributed by atoms with Crippen molar-refractivity contribution in [2.24, 2.45) is 11.8 Å². The van der Waals surface area contributed by atoms with E-state index in [1.165, 1.54) is 24.8 Å². The Morgan fingerprint density at radius 3 is 2.59 bits per heavy atom. The Labute approximate surface area is 162 Å². The van der Waals surface area contributed by atoms with Crippen molar-refractivity contribution in [2.75, 3.05) is 19.7 Å². The van der Waals surface area contributed by atoms with Crippen LogP contribution in [0.25, 0.3) is 0 Å². The van der Waals surface area contributed by atoms with Crippen LogP contribution in [0.4, 0.5) is 0 Å². The van der Waals surface area contributed by atoms with Crippen molar-refractivity contribution in [3.8, 4) is 5.75 Å². The number of aryl methyl sites for hydroxylation is 1. The first-order chi connectivity index (χ1) is 13.1. The third-order valence-electron chi connectivity index (χ3n) is 5.37. The molecule has 1 aromatic heterocycles. The highest BCUT2D eigenvalue weighted by atomic mass is 16.5. The maximum Gasteiger partial charge on any atom is 0.252 e. The topological polar surface area (TPSA) is 45.3 Å². The second-order valence-corrected chi connectivity index (χ2v) is 8.10. The van der Waals surface area contributed by atoms with Crippen LogP contribution in [-0.4, -0.2) is 29.6 Å². The van der Waals surface area contributed by atoms with E-state index in [-0.39, 0.29) is 5.56 Å². The van der Waals surface area contributed by atoms with Gasteiger partial charge in [-0.1, -0.05) is 38.1 Å². The van der Waals surface area contributed by atoms with Gasteiger partial charge in [-0.3, -0.25) is 9.69 Å². The van der Waals surface area contributed by atoms with Crippen LogP contribution >= 0.6 is 0 Å². The van der Waals surface area contributed by atoms with Crippen LogP contribution in [0.1, 0.15) is 44.2 Å². The average Bonchev–Trinajstić information content (AvgIpc) is 2.68. The number of para-hydroxylation sites is 1. The molecule has 0 radical (unpaired) electrons. The molecule has 2 heterocycles. The Hall–Kier alpha value is -2.07. The summed E-state index contributed by atoms with van der Waals surface area (Å²) in [5.74, 6) is 2.35. The highest BCUT2D eigenvalue weighted by Crippen LogP contribution is 2.26. The van der Waals surface area contributed by atoms with Crippen molar-refractivity contribution >= 4 is 0 Å². The number of pyridine rings is 1. The molecular weight excluding hydrogens is 336 g/mol. The molecule has 1 aliphatic heterocycles. The van der Waals surface area contributed by atoms with E-state index in [4.69, 9.17) is 4.74 Å². The first-order valence-corrected chi connectivity index (χ1v) is 10.2. The Morgan fingerprint density at radius 1 is 1.11 bits per heavy atom. The van der Waals surface area contributed by atoms with Gasteiger partial charge in [0.05, 0.1) is 6.61 Å². The fourth-order valence-corrected chi connectivity index (χ4v) is 3.72. The van der Waals surface area contributed by atoms with Gasteiger partial charge in [0.15, 0.2) is 0 Å². The van der Waals surface area contributed by atoms with Crippen molar-refractivity contribution in [1.29, 1.82) is 0 Å². The number of piperidine rings is 1. The lowest BCUT2D eigenvalue weighted by atomic mass is 9.90. The van der Waals surface area contributed by atoms with Gasteiger partial charge >= 0.3 is 0 Å². The van der Waals surface area contributed by atoms with Gasteiger partial charge in [-0.25, -0.2) is 0 Å². The lowest BCUT2D eigenvalue weighted by molar-refractivity contribution is 0.171. The minimum Gasteiger partial charge on any atom is -0.493 e. The van der Waals surface area contributed by atoms with Gasteiger partial charge in [-0.15, -0.1) is 0 Å². The van der Waals surface area contributed by atoms with Crippen molar-refractivity contribution in [3.63, 3.8) is 0 Å². The standard InChI is InChI=1S/C23H32N2O2/c1-18(2)17-27-22-8-4-3-6-20(22)10-9-19-11-14-25(15-12-19)16-21-7-5-13-24-23(21)26/h3-8,13,18-19H,9-12,14-17H2,1-2H3,(H,24,26). The SMILES string of the molecule is CC(C)COc1ccccc1CCC1CCN(Cc2ccc[nH]c2=O)CC1. The molecule has 0 bridgehead atoms. The summed E-state index contributed by atoms with van der Waals surface area (Å²) in [5, 5.41) is 0. The molecular formula is C23H32N2O2. The Balaban J connectivity index is 1.46. The molecule has 0 atom stereocenters. The summed E-state index contributed by atoms with van der Waals surface area (Å²) in [4.78, 5) is 17.0. The average molecular weight is 369 g/mol. The summed E-state index contributed by atoms with van der Waals surface area (Å²) in [6.45, 7) is 8.04. The summed E-state index contributed by atoms with van der Waals surface area (Å²) in [6.07, 6.45) is 6.40. The molecule has 27 heavy (non-hydrogen) atoms. The molecule has 0 saturated carbocycles. The molecule has 4 heteroatoms. The zero-order valence-corrected chi connectivity index (χ0v) is 16.6. The summed E-state index contributed by atoms with van der Waals surface area (Å²) < 4.78 is 5.99. The number of likely N-dealkylation sites (tertiary alicyclic amines) is 1. The molecule has 2 aromatic rings. The van der Waals surface area contributed by atoms with Crippen molar-refractivity contribution in [2.45, 2.75) is 46.1 Å². The Bertz CT molecular complexity index is 761. The third-order valence-corrected chi connectivity index (χ3v) is 5.37. The first kappa shape index (κ1) is 19.7. The monoisotopic (exact) mass is 368 g/mol. The predicted molar refractivity (Wildman–Crippen MR) is 110 cm³/mol. The van der Waals surface area contributed by atoms with Gasteiger partial charge in [0.2, 0.25) is 0 Å². The number of hydrogen-bond acceptors (Lipinski definition) is 3. The summed E-state index contributed by atoms with van der Waals surface area (Å²) in [6, 6.07) is 12.3. The minimum absolute atomic E-state index is 0.0395. The number of ether oxygens (including phenoxy) is 1. The van der Waals surface area contributed by atoms with E-state index in [0.29, 0.717) is 5.92 Å². The number of H-pyrrole nitrogens is 1. The van der Waals surface area contributed by atoms with Crippen LogP contribution in [-0.2, 0) is 13.0 Å². The zero-order valence-electron chi connectivity index (χ0n) is 16.6. The third kappa shape index (κ3) is 5.96. The largest absolute Gasteiger partial charge is 0.493 e. The molecule has 1 aromatic carbocycles. The fraction of sp³-hybridized carbons (Fsp3) is 0.522. The van der Waals surface area contributed by atoms with E-state index in [9.17, 15) is 4.79 Å². The van der Waals surface area contributed by atoms with Gasteiger partial charge in [0, 0.05) is 18.3 Å². The quantitative estimate of drug-likeness (QED) is 0.757. The van der Waals surface area contributed by atoms with Gasteiger partial charge in [0.25, 0.3) is 5.56 Å². The molecule has 0 aliphatic carbocycles. The number of rotatable bonds is 8. The van der Waals surface area contributed by atoms with Gasteiger partial charge in [0.1, 0.15) is 5.75 Å². The zero-order chi connectivity index (χ0) is 19.1. The molecule has 1 saturated heterocycles. The Morgan fingerprint density at radius 2 is 1.85 bits per heavy atom. The minimum atomic E-state index is 0.0395. The van der Waals surface area contributed by atoms with Crippen LogP contribution in [0.15, 0.2) is 47.4 Å². The second-order valence-electron chi connectivity index (χ2n) is 8.10. The van der Waals surface area contributed by atoms with E-state index in [2.05, 4.69) is 48.0 Å². The van der Waals surface area contributed by atoms with Crippen molar-refractivity contribution in [3.05, 3.63) is 64.1 Å². The van der Waals surface area contributed by atoms with Gasteiger partial charge < -0.3 is 9.72 Å². The molecule has 1 aliphatic rings. The summed E-state index contributed by atoms with van der Waals surface area (Å²) >= 11 is 0. The van der Waals surface area contributed by atoms with Crippen molar-refractivity contribution in [1.82, 2.24) is 9.88 Å². The maximum atomic E-state index is 11.8. The van der Waals surface area contributed by atoms with Crippen molar-refractivity contribution < 1.29 is 4.74 Å². The van der Waals surface area contributed by atoms with Crippen LogP contribution < -0.4 is 10.3 Å². The molecule has 1 fully saturated rings. The molecule has 1 N–H and O–H groups in total. The number of aromatic amines is 1. The lowest BCUT2D eigenvalue weighted by Crippen LogP contribution is -2.35. The molecule has 4 nitrogen and oxygen atoms in total. The van der Waals surface area contributed by atoms with E-state index in [1.807, 2.05) is 12.1 Å². The number of hydrogen-bond donors (Lipinski definition) is 1. The van der Waals surface area contributed by atoms with Crippen LogP contribution in [0.2, 0.25) is 0 Å². The molecule has 146 valence electrons. The highest BCUT2D eigenvalue weighted by Gasteiger charge is 2.20. The molecule has 0 unspecified atom stereocenters. The summed E-state index contributed by atoms with van der Waals surface area (Å²) in [7, 11) is 0. The first-order valence-electron chi connectivity index (χ1n) is 10.2. The fourth-order valence-electron chi connectivity index (χ4n) is 3.72. The van der Waals surface area contributed by atoms with E-state index < -0.39 is 0 Å². The summed E-state index contributed by atoms with van der Waals surface area (Å²) in [5.41, 5.74) is 2.24. The maximum absolute atomic E-state index is 11.8. The normalized spacial score (nSPS) is 16.0. The number of benzene rings is 1. The molecule has 0 spiro atoms. The number of nitrogens with one attached hydrogen (secondary N) is 1. The second kappa shape index (κ2) is 9.75. The smallest absolute Gasteiger partial charge is 0.252 e. The van der Waals surface area contributed by atoms with Crippen LogP contribution in [0.3, 0.4) is 0 Å². The van der Waals surface area contributed by atoms with Gasteiger partial charge in [-0.05, 0) is 68.3 Å². The van der Waals surface area contributed by atoms with Crippen LogP contribution in [0.5, 0.6) is 5.75 Å². The number of nitrogens with zero attached hydrogens (tertiary/aromatic N) is 1. The Kier molecular flexibility index (Phi) is 7.11. The van der Waals surface area contributed by atoms with E-state index >= 15 is 0 Å². The molecule has 3 rings (SSSR count). The van der Waals surface area contributed by atoms with E-state index in [1.54, 1.807) is 6.20 Å². The predicted octanol–water partition coefficient (Wildman–Crippen LogP) is 4.25.